The van der Waals surface area contributed by atoms with Crippen LogP contribution in [0.4, 0.5) is 0 Å². The predicted molar refractivity (Wildman–Crippen MR) is 76.6 cm³/mol. The number of carbonyl (C=O) groups is 1. The lowest BCUT2D eigenvalue weighted by atomic mass is 10.1. The van der Waals surface area contributed by atoms with Gasteiger partial charge in [0.05, 0.1) is 15.3 Å². The summed E-state index contributed by atoms with van der Waals surface area (Å²) in [7, 11) is 0. The number of hydrogen-bond acceptors (Lipinski definition) is 4. The fourth-order valence-corrected chi connectivity index (χ4v) is 4.22. The van der Waals surface area contributed by atoms with Crippen LogP contribution in [-0.2, 0) is 0 Å². The van der Waals surface area contributed by atoms with Crippen molar-refractivity contribution in [2.45, 2.75) is 25.9 Å². The van der Waals surface area contributed by atoms with Crippen LogP contribution < -0.4 is 0 Å². The summed E-state index contributed by atoms with van der Waals surface area (Å²) in [5.41, 5.74) is 0. The summed E-state index contributed by atoms with van der Waals surface area (Å²) in [6.07, 6.45) is 0. The standard InChI is InChI=1S/C12H16ClNOS2/c1-8-7-16-6-5-14(8)9(2)12(15)10-3-4-11(13)17-10/h3-4,8-9H,5-7H2,1-2H3. The molecule has 5 heteroatoms. The van der Waals surface area contributed by atoms with E-state index in [0.717, 1.165) is 22.9 Å². The zero-order chi connectivity index (χ0) is 12.4. The Balaban J connectivity index is 2.08. The highest BCUT2D eigenvalue weighted by atomic mass is 35.5. The number of ketones is 1. The Labute approximate surface area is 115 Å². The molecular formula is C12H16ClNOS2. The molecule has 0 saturated carbocycles. The molecule has 2 atom stereocenters. The van der Waals surface area contributed by atoms with Gasteiger partial charge in [-0.05, 0) is 26.0 Å². The molecule has 17 heavy (non-hydrogen) atoms. The van der Waals surface area contributed by atoms with Gasteiger partial charge in [0.25, 0.3) is 0 Å². The van der Waals surface area contributed by atoms with Crippen LogP contribution in [0.5, 0.6) is 0 Å². The maximum absolute atomic E-state index is 12.3. The Morgan fingerprint density at radius 1 is 1.59 bits per heavy atom. The van der Waals surface area contributed by atoms with Gasteiger partial charge in [0.15, 0.2) is 5.78 Å². The minimum absolute atomic E-state index is 0.0411. The number of hydrogen-bond donors (Lipinski definition) is 0. The number of rotatable bonds is 3. The smallest absolute Gasteiger partial charge is 0.189 e. The largest absolute Gasteiger partial charge is 0.291 e. The molecule has 2 nitrogen and oxygen atoms in total. The van der Waals surface area contributed by atoms with Gasteiger partial charge in [-0.25, -0.2) is 0 Å². The van der Waals surface area contributed by atoms with E-state index in [9.17, 15) is 4.79 Å². The molecule has 0 aromatic carbocycles. The van der Waals surface area contributed by atoms with Crippen molar-refractivity contribution < 1.29 is 4.79 Å². The van der Waals surface area contributed by atoms with Gasteiger partial charge < -0.3 is 0 Å². The lowest BCUT2D eigenvalue weighted by Gasteiger charge is -2.36. The van der Waals surface area contributed by atoms with Crippen LogP contribution in [0.2, 0.25) is 4.34 Å². The van der Waals surface area contributed by atoms with Crippen molar-refractivity contribution in [1.29, 1.82) is 0 Å². The second kappa shape index (κ2) is 5.74. The lowest BCUT2D eigenvalue weighted by Crippen LogP contribution is -2.48. The zero-order valence-corrected chi connectivity index (χ0v) is 12.4. The quantitative estimate of drug-likeness (QED) is 0.796. The van der Waals surface area contributed by atoms with Crippen molar-refractivity contribution in [2.75, 3.05) is 18.1 Å². The number of nitrogens with zero attached hydrogens (tertiary/aromatic N) is 1. The van der Waals surface area contributed by atoms with Crippen LogP contribution in [0, 0.1) is 0 Å². The normalized spacial score (nSPS) is 23.6. The zero-order valence-electron chi connectivity index (χ0n) is 9.98. The SMILES string of the molecule is CC1CSCCN1C(C)C(=O)c1ccc(Cl)s1. The summed E-state index contributed by atoms with van der Waals surface area (Å²) < 4.78 is 0.683. The monoisotopic (exact) mass is 289 g/mol. The highest BCUT2D eigenvalue weighted by molar-refractivity contribution is 7.99. The molecule has 0 N–H and O–H groups in total. The fraction of sp³-hybridized carbons (Fsp3) is 0.583. The van der Waals surface area contributed by atoms with E-state index in [-0.39, 0.29) is 11.8 Å². The summed E-state index contributed by atoms with van der Waals surface area (Å²) >= 11 is 9.21. The van der Waals surface area contributed by atoms with Gasteiger partial charge in [0.1, 0.15) is 0 Å². The Morgan fingerprint density at radius 3 is 2.94 bits per heavy atom. The van der Waals surface area contributed by atoms with Crippen LogP contribution in [0.15, 0.2) is 12.1 Å². The number of thiophene rings is 1. The first kappa shape index (κ1) is 13.4. The Hall–Kier alpha value is -0.0300. The Kier molecular flexibility index (Phi) is 4.53. The van der Waals surface area contributed by atoms with E-state index in [4.69, 9.17) is 11.6 Å². The van der Waals surface area contributed by atoms with E-state index in [1.54, 1.807) is 6.07 Å². The summed E-state index contributed by atoms with van der Waals surface area (Å²) in [6.45, 7) is 5.19. The molecule has 2 unspecified atom stereocenters. The predicted octanol–water partition coefficient (Wildman–Crippen LogP) is 3.41. The van der Waals surface area contributed by atoms with Crippen molar-refractivity contribution in [3.63, 3.8) is 0 Å². The third-order valence-corrected chi connectivity index (χ3v) is 5.55. The van der Waals surface area contributed by atoms with Crippen molar-refractivity contribution in [3.8, 4) is 0 Å². The molecule has 1 aliphatic rings. The third kappa shape index (κ3) is 3.05. The summed E-state index contributed by atoms with van der Waals surface area (Å²) in [5.74, 6) is 2.43. The first-order valence-electron chi connectivity index (χ1n) is 5.72. The molecule has 0 bridgehead atoms. The maximum Gasteiger partial charge on any atom is 0.189 e. The van der Waals surface area contributed by atoms with E-state index in [0.29, 0.717) is 10.4 Å². The molecule has 1 aromatic heterocycles. The second-order valence-electron chi connectivity index (χ2n) is 4.31. The topological polar surface area (TPSA) is 20.3 Å². The van der Waals surface area contributed by atoms with Crippen LogP contribution in [-0.4, -0.2) is 40.8 Å². The number of carbonyl (C=O) groups excluding carboxylic acids is 1. The van der Waals surface area contributed by atoms with E-state index in [2.05, 4.69) is 11.8 Å². The van der Waals surface area contributed by atoms with Crippen LogP contribution in [0.3, 0.4) is 0 Å². The number of thioether (sulfide) groups is 1. The van der Waals surface area contributed by atoms with Crippen LogP contribution in [0.1, 0.15) is 23.5 Å². The minimum atomic E-state index is -0.0411. The van der Waals surface area contributed by atoms with Crippen LogP contribution in [0.25, 0.3) is 0 Å². The molecule has 1 fully saturated rings. The third-order valence-electron chi connectivity index (χ3n) is 3.11. The molecule has 94 valence electrons. The van der Waals surface area contributed by atoms with E-state index >= 15 is 0 Å². The van der Waals surface area contributed by atoms with Crippen LogP contribution >= 0.6 is 34.7 Å². The van der Waals surface area contributed by atoms with Gasteiger partial charge in [-0.3, -0.25) is 9.69 Å². The van der Waals surface area contributed by atoms with E-state index in [1.807, 2.05) is 24.8 Å². The van der Waals surface area contributed by atoms with Gasteiger partial charge in [-0.15, -0.1) is 11.3 Å². The van der Waals surface area contributed by atoms with Gasteiger partial charge >= 0.3 is 0 Å². The molecule has 1 aliphatic heterocycles. The highest BCUT2D eigenvalue weighted by Crippen LogP contribution is 2.25. The second-order valence-corrected chi connectivity index (χ2v) is 7.17. The maximum atomic E-state index is 12.3. The molecule has 0 spiro atoms. The van der Waals surface area contributed by atoms with Gasteiger partial charge in [-0.1, -0.05) is 11.6 Å². The van der Waals surface area contributed by atoms with Crippen molar-refractivity contribution in [2.24, 2.45) is 0 Å². The number of Topliss-reactive ketones (excluding diaryl/α,β-unsaturated/α-hetero) is 1. The number of halogens is 1. The summed E-state index contributed by atoms with van der Waals surface area (Å²) in [6, 6.07) is 4.06. The molecule has 2 rings (SSSR count). The van der Waals surface area contributed by atoms with E-state index < -0.39 is 0 Å². The lowest BCUT2D eigenvalue weighted by molar-refractivity contribution is 0.0803. The highest BCUT2D eigenvalue weighted by Gasteiger charge is 2.29. The average Bonchev–Trinajstić information content (AvgIpc) is 2.75. The molecule has 0 amide bonds. The van der Waals surface area contributed by atoms with Gasteiger partial charge in [-0.2, -0.15) is 11.8 Å². The molecule has 0 aliphatic carbocycles. The van der Waals surface area contributed by atoms with Gasteiger partial charge in [0, 0.05) is 24.1 Å². The van der Waals surface area contributed by atoms with E-state index in [1.165, 1.54) is 11.3 Å². The average molecular weight is 290 g/mol. The molecule has 1 aromatic rings. The first-order chi connectivity index (χ1) is 8.09. The summed E-state index contributed by atoms with van der Waals surface area (Å²) in [5, 5.41) is 0. The van der Waals surface area contributed by atoms with Crippen molar-refractivity contribution >= 4 is 40.5 Å². The molecule has 1 saturated heterocycles. The summed E-state index contributed by atoms with van der Waals surface area (Å²) in [4.78, 5) is 15.4. The molecule has 0 radical (unpaired) electrons. The van der Waals surface area contributed by atoms with Crippen molar-refractivity contribution in [1.82, 2.24) is 4.90 Å². The minimum Gasteiger partial charge on any atom is -0.291 e. The van der Waals surface area contributed by atoms with Crippen molar-refractivity contribution in [3.05, 3.63) is 21.3 Å². The fourth-order valence-electron chi connectivity index (χ4n) is 2.12. The Morgan fingerprint density at radius 2 is 2.35 bits per heavy atom. The van der Waals surface area contributed by atoms with Gasteiger partial charge in [0.2, 0.25) is 0 Å². The Bertz CT molecular complexity index is 407. The molecular weight excluding hydrogens is 274 g/mol. The first-order valence-corrected chi connectivity index (χ1v) is 8.07. The molecule has 2 heterocycles.